The van der Waals surface area contributed by atoms with Gasteiger partial charge < -0.3 is 14.5 Å². The maximum Gasteiger partial charge on any atom is 0.137 e. The number of fused-ring (bicyclic) bond motifs is 13. The van der Waals surface area contributed by atoms with Crippen LogP contribution in [0.4, 0.5) is 22.7 Å². The molecule has 2 aliphatic carbocycles. The van der Waals surface area contributed by atoms with Crippen LogP contribution >= 0.6 is 0 Å². The highest BCUT2D eigenvalue weighted by atomic mass is 16.5. The Morgan fingerprint density at radius 2 is 1.04 bits per heavy atom. The van der Waals surface area contributed by atoms with Gasteiger partial charge in [-0.05, 0) is 168 Å². The number of nitrogens with zero attached hydrogens (tertiary/aromatic N) is 4. The Hall–Kier alpha value is -10.2. The van der Waals surface area contributed by atoms with Crippen molar-refractivity contribution in [3.05, 3.63) is 310 Å². The third-order valence-electron chi connectivity index (χ3n) is 19.6. The van der Waals surface area contributed by atoms with E-state index in [1.807, 2.05) is 65.2 Å². The van der Waals surface area contributed by atoms with Crippen molar-refractivity contribution in [1.82, 2.24) is 9.55 Å². The second-order valence-corrected chi connectivity index (χ2v) is 28.4. The summed E-state index contributed by atoms with van der Waals surface area (Å²) in [7, 11) is 0. The number of anilines is 4. The number of benzene rings is 11. The van der Waals surface area contributed by atoms with Gasteiger partial charge >= 0.3 is 0 Å². The lowest BCUT2D eigenvalue weighted by Gasteiger charge is -2.40. The molecule has 1 spiro atoms. The second-order valence-electron chi connectivity index (χ2n) is 28.4. The fourth-order valence-corrected chi connectivity index (χ4v) is 14.9. The zero-order valence-corrected chi connectivity index (χ0v) is 53.6. The van der Waals surface area contributed by atoms with E-state index in [0.717, 1.165) is 73.2 Å². The topological polar surface area (TPSA) is 33.5 Å². The highest BCUT2D eigenvalue weighted by Crippen LogP contribution is 2.61. The van der Waals surface area contributed by atoms with E-state index < -0.39 is 12.3 Å². The van der Waals surface area contributed by atoms with Crippen LogP contribution < -0.4 is 14.5 Å². The average Bonchev–Trinajstić information content (AvgIpc) is 1.50. The van der Waals surface area contributed by atoms with Gasteiger partial charge in [0.1, 0.15) is 24.0 Å². The van der Waals surface area contributed by atoms with E-state index in [0.29, 0.717) is 28.3 Å². The summed E-state index contributed by atoms with van der Waals surface area (Å²) >= 11 is 0. The number of hydrogen-bond donors (Lipinski definition) is 0. The first-order valence-electron chi connectivity index (χ1n) is 35.1. The Labute approximate surface area is 550 Å². The van der Waals surface area contributed by atoms with Crippen LogP contribution in [-0.2, 0) is 28.1 Å². The summed E-state index contributed by atoms with van der Waals surface area (Å²) in [4.78, 5) is 9.51. The molecular weight excluding hydrogens is 1120 g/mol. The van der Waals surface area contributed by atoms with Crippen molar-refractivity contribution in [2.45, 2.75) is 97.2 Å². The van der Waals surface area contributed by atoms with E-state index in [9.17, 15) is 4.11 Å². The van der Waals surface area contributed by atoms with E-state index in [1.54, 1.807) is 18.3 Å². The SMILES string of the molecule is [2H]c1c(Oc2ccc3c4ccccc4n(-c4cc(C([2H])([2H])[2H])c(-c5cccc(C(C)(C)C)c5)cn4)c3c2)cc(N2CN(c3c(-c4cc(C(C)(C)C)cc(C(C)(C)C)c4)cccc3-c3ccc4c(c3)C3(c5ccccc5Cc5ccccc53)c3ccccc3-4)c3ccccc32)c([2H])c1[2H]. The molecule has 0 fully saturated rings. The van der Waals surface area contributed by atoms with Crippen molar-refractivity contribution in [3.8, 4) is 61.8 Å². The largest absolute Gasteiger partial charge is 0.457 e. The predicted molar refractivity (Wildman–Crippen MR) is 384 cm³/mol. The van der Waals surface area contributed by atoms with Gasteiger partial charge in [-0.15, -0.1) is 0 Å². The van der Waals surface area contributed by atoms with Crippen molar-refractivity contribution in [3.63, 3.8) is 0 Å². The third kappa shape index (κ3) is 9.21. The minimum atomic E-state index is -2.47. The molecule has 0 unspecified atom stereocenters. The van der Waals surface area contributed by atoms with Crippen LogP contribution in [0.3, 0.4) is 0 Å². The lowest BCUT2D eigenvalue weighted by Crippen LogP contribution is -2.34. The number of aryl methyl sites for hydroxylation is 1. The molecular formula is C87H76N4O. The minimum absolute atomic E-state index is 0.1000. The number of hydrogen-bond acceptors (Lipinski definition) is 4. The van der Waals surface area contributed by atoms with E-state index in [-0.39, 0.29) is 52.4 Å². The summed E-state index contributed by atoms with van der Waals surface area (Å²) in [6, 6.07) is 80.9. The summed E-state index contributed by atoms with van der Waals surface area (Å²) in [6.45, 7) is 17.9. The second kappa shape index (κ2) is 21.2. The van der Waals surface area contributed by atoms with Gasteiger partial charge in [0, 0.05) is 55.6 Å². The normalized spacial score (nSPS) is 15.0. The number of ether oxygens (including phenoxy) is 1. The van der Waals surface area contributed by atoms with Crippen molar-refractivity contribution in [2.24, 2.45) is 0 Å². The molecule has 5 heteroatoms. The molecule has 3 aliphatic rings. The molecule has 1 aliphatic heterocycles. The Bertz CT molecular complexity index is 5370. The van der Waals surface area contributed by atoms with Crippen LogP contribution in [0.5, 0.6) is 11.5 Å². The van der Waals surface area contributed by atoms with Gasteiger partial charge in [0.25, 0.3) is 0 Å². The van der Waals surface area contributed by atoms with E-state index in [2.05, 4.69) is 230 Å². The minimum Gasteiger partial charge on any atom is -0.457 e. The van der Waals surface area contributed by atoms with Crippen LogP contribution in [0, 0.1) is 6.85 Å². The van der Waals surface area contributed by atoms with Crippen LogP contribution in [0.2, 0.25) is 0 Å². The smallest absolute Gasteiger partial charge is 0.137 e. The van der Waals surface area contributed by atoms with Crippen LogP contribution in [0.15, 0.2) is 255 Å². The van der Waals surface area contributed by atoms with Gasteiger partial charge in [0.15, 0.2) is 0 Å². The van der Waals surface area contributed by atoms with Crippen molar-refractivity contribution >= 4 is 44.6 Å². The molecule has 11 aromatic carbocycles. The molecule has 0 saturated carbocycles. The van der Waals surface area contributed by atoms with Gasteiger partial charge in [-0.2, -0.15) is 0 Å². The Kier molecular flexibility index (Phi) is 11.6. The van der Waals surface area contributed by atoms with E-state index in [1.165, 1.54) is 55.6 Å². The first kappa shape index (κ1) is 50.5. The predicted octanol–water partition coefficient (Wildman–Crippen LogP) is 22.7. The van der Waals surface area contributed by atoms with Gasteiger partial charge in [-0.3, -0.25) is 4.57 Å². The Balaban J connectivity index is 0.843. The molecule has 2 aromatic heterocycles. The molecule has 0 radical (unpaired) electrons. The summed E-state index contributed by atoms with van der Waals surface area (Å²) < 4.78 is 64.3. The molecule has 0 atom stereocenters. The summed E-state index contributed by atoms with van der Waals surface area (Å²) in [5.41, 5.74) is 23.2. The molecule has 3 heterocycles. The maximum absolute atomic E-state index is 9.82. The molecule has 0 N–H and O–H groups in total. The van der Waals surface area contributed by atoms with Crippen molar-refractivity contribution < 1.29 is 13.0 Å². The quantitative estimate of drug-likeness (QED) is 0.152. The first-order chi connectivity index (χ1) is 46.9. The Morgan fingerprint density at radius 3 is 1.77 bits per heavy atom. The average molecular weight is 1200 g/mol. The van der Waals surface area contributed by atoms with Crippen LogP contribution in [0.25, 0.3) is 72.1 Å². The standard InChI is InChI=1S/C87H76N4O/c1-55-44-82(88-53-73(55)56-26-21-27-61(46-56)84(2,3)4)91-78-37-18-14-31-71(78)72-43-41-66(52-81(72)91)92-65-29-22-28-64(51-65)89-54-90(80-39-20-19-38-79(80)89)83-67(32-23-33-68(83)60-47-62(85(5,6)7)50-63(48-60)86(8,9)10)57-40-42-70-69-30-13-17-36-76(69)87(77(70)49-57)74-34-15-11-24-58(74)45-59-25-12-16-35-75(59)87/h11-44,46-53H,45,54H2,1-10H3/i1D3,22D,28D,29D. The lowest BCUT2D eigenvalue weighted by molar-refractivity contribution is 0.483. The summed E-state index contributed by atoms with van der Waals surface area (Å²) in [5, 5.41) is 1.83. The Morgan fingerprint density at radius 1 is 0.446 bits per heavy atom. The molecule has 5 nitrogen and oxygen atoms in total. The summed E-state index contributed by atoms with van der Waals surface area (Å²) in [6.07, 6.45) is 2.53. The fraction of sp³-hybridized carbons (Fsp3) is 0.184. The lowest BCUT2D eigenvalue weighted by atomic mass is 9.61. The molecule has 16 rings (SSSR count). The molecule has 0 amide bonds. The number of rotatable bonds is 8. The molecule has 13 aromatic rings. The van der Waals surface area contributed by atoms with E-state index in [4.69, 9.17) is 13.8 Å². The van der Waals surface area contributed by atoms with E-state index >= 15 is 0 Å². The zero-order valence-electron chi connectivity index (χ0n) is 59.6. The van der Waals surface area contributed by atoms with Crippen molar-refractivity contribution in [1.29, 1.82) is 0 Å². The van der Waals surface area contributed by atoms with Crippen molar-refractivity contribution in [2.75, 3.05) is 16.5 Å². The monoisotopic (exact) mass is 1200 g/mol. The van der Waals surface area contributed by atoms with Gasteiger partial charge in [-0.25, -0.2) is 4.98 Å². The third-order valence-corrected chi connectivity index (χ3v) is 19.6. The van der Waals surface area contributed by atoms with Gasteiger partial charge in [-0.1, -0.05) is 244 Å². The molecule has 0 saturated heterocycles. The molecule has 0 bridgehead atoms. The number of para-hydroxylation sites is 4. The first-order valence-corrected chi connectivity index (χ1v) is 32.1. The molecule has 450 valence electrons. The summed E-state index contributed by atoms with van der Waals surface area (Å²) in [5.74, 6) is 0.923. The fourth-order valence-electron chi connectivity index (χ4n) is 14.9. The van der Waals surface area contributed by atoms with Gasteiger partial charge in [0.05, 0.1) is 37.6 Å². The zero-order chi connectivity index (χ0) is 68.1. The number of aromatic nitrogens is 2. The highest BCUT2D eigenvalue weighted by molar-refractivity contribution is 6.09. The number of pyridine rings is 1. The van der Waals surface area contributed by atoms with Crippen LogP contribution in [-0.4, -0.2) is 16.2 Å². The maximum atomic E-state index is 9.82. The highest BCUT2D eigenvalue weighted by Gasteiger charge is 2.50. The van der Waals surface area contributed by atoms with Gasteiger partial charge in [0.2, 0.25) is 0 Å². The van der Waals surface area contributed by atoms with Crippen LogP contribution in [0.1, 0.15) is 126 Å². The molecule has 92 heavy (non-hydrogen) atoms.